The van der Waals surface area contributed by atoms with E-state index in [1.165, 1.54) is 0 Å². The van der Waals surface area contributed by atoms with E-state index in [0.717, 1.165) is 0 Å². The highest BCUT2D eigenvalue weighted by molar-refractivity contribution is 5.78. The molecular formula is C12H18O6. The zero-order chi connectivity index (χ0) is 13.1. The number of fused-ring (bicyclic) bond motifs is 1. The Morgan fingerprint density at radius 3 is 2.33 bits per heavy atom. The summed E-state index contributed by atoms with van der Waals surface area (Å²) >= 11 is 0. The molecule has 0 aromatic rings. The van der Waals surface area contributed by atoms with E-state index in [9.17, 15) is 4.79 Å². The van der Waals surface area contributed by atoms with Gasteiger partial charge >= 0.3 is 5.97 Å². The SMILES string of the molecule is CC1(C)OC[C@@H]([C@H]2OC(=O)[C@@H]3OC(C)(C)O[C@H]23)O1. The quantitative estimate of drug-likeness (QED) is 0.641. The summed E-state index contributed by atoms with van der Waals surface area (Å²) in [6, 6.07) is 0. The van der Waals surface area contributed by atoms with Gasteiger partial charge in [-0.2, -0.15) is 0 Å². The lowest BCUT2D eigenvalue weighted by atomic mass is 10.1. The molecule has 0 aromatic carbocycles. The van der Waals surface area contributed by atoms with Crippen LogP contribution >= 0.6 is 0 Å². The van der Waals surface area contributed by atoms with Crippen LogP contribution in [0.4, 0.5) is 0 Å². The minimum Gasteiger partial charge on any atom is -0.455 e. The van der Waals surface area contributed by atoms with E-state index in [-0.39, 0.29) is 12.1 Å². The molecule has 0 spiro atoms. The van der Waals surface area contributed by atoms with E-state index in [4.69, 9.17) is 23.7 Å². The molecule has 3 aliphatic rings. The second kappa shape index (κ2) is 3.66. The molecule has 6 nitrogen and oxygen atoms in total. The first kappa shape index (κ1) is 12.3. The molecule has 102 valence electrons. The van der Waals surface area contributed by atoms with Gasteiger partial charge in [0.25, 0.3) is 0 Å². The largest absolute Gasteiger partial charge is 0.455 e. The molecule has 0 unspecified atom stereocenters. The summed E-state index contributed by atoms with van der Waals surface area (Å²) in [7, 11) is 0. The number of esters is 1. The predicted molar refractivity (Wildman–Crippen MR) is 58.6 cm³/mol. The highest BCUT2D eigenvalue weighted by Gasteiger charge is 2.59. The molecule has 3 saturated heterocycles. The molecule has 0 amide bonds. The zero-order valence-electron chi connectivity index (χ0n) is 11.0. The van der Waals surface area contributed by atoms with Crippen LogP contribution in [-0.4, -0.2) is 48.6 Å². The average Bonchev–Trinajstić information content (AvgIpc) is 2.81. The Morgan fingerprint density at radius 1 is 1.00 bits per heavy atom. The first-order valence-corrected chi connectivity index (χ1v) is 6.15. The summed E-state index contributed by atoms with van der Waals surface area (Å²) in [6.07, 6.45) is -1.85. The van der Waals surface area contributed by atoms with Gasteiger partial charge in [0.2, 0.25) is 0 Å². The number of hydrogen-bond donors (Lipinski definition) is 0. The van der Waals surface area contributed by atoms with Gasteiger partial charge in [0.05, 0.1) is 6.61 Å². The van der Waals surface area contributed by atoms with Gasteiger partial charge in [-0.3, -0.25) is 0 Å². The molecule has 0 aromatic heterocycles. The van der Waals surface area contributed by atoms with Crippen LogP contribution in [0.2, 0.25) is 0 Å². The third kappa shape index (κ3) is 1.93. The van der Waals surface area contributed by atoms with Crippen molar-refractivity contribution in [1.82, 2.24) is 0 Å². The number of rotatable bonds is 1. The van der Waals surface area contributed by atoms with E-state index >= 15 is 0 Å². The Labute approximate surface area is 105 Å². The van der Waals surface area contributed by atoms with Gasteiger partial charge in [-0.15, -0.1) is 0 Å². The summed E-state index contributed by atoms with van der Waals surface area (Å²) < 4.78 is 27.8. The molecule has 3 rings (SSSR count). The van der Waals surface area contributed by atoms with E-state index in [0.29, 0.717) is 6.61 Å². The Balaban J connectivity index is 1.77. The van der Waals surface area contributed by atoms with Gasteiger partial charge in [-0.05, 0) is 27.7 Å². The molecule has 0 aliphatic carbocycles. The van der Waals surface area contributed by atoms with Crippen molar-refractivity contribution < 1.29 is 28.5 Å². The number of carbonyl (C=O) groups is 1. The first-order valence-electron chi connectivity index (χ1n) is 6.15. The molecule has 18 heavy (non-hydrogen) atoms. The standard InChI is InChI=1S/C12H18O6/c1-11(2)14-5-6(16-11)7-8-9(10(13)15-7)18-12(3,4)17-8/h6-9H,5H2,1-4H3/t6-,7+,8+,9+/m0/s1. The van der Waals surface area contributed by atoms with Crippen molar-refractivity contribution >= 4 is 5.97 Å². The molecule has 0 radical (unpaired) electrons. The number of cyclic esters (lactones) is 1. The molecule has 4 atom stereocenters. The fraction of sp³-hybridized carbons (Fsp3) is 0.917. The fourth-order valence-electron chi connectivity index (χ4n) is 2.64. The van der Waals surface area contributed by atoms with Crippen LogP contribution in [0.15, 0.2) is 0 Å². The van der Waals surface area contributed by atoms with E-state index in [1.54, 1.807) is 13.8 Å². The van der Waals surface area contributed by atoms with Crippen molar-refractivity contribution in [3.05, 3.63) is 0 Å². The summed E-state index contributed by atoms with van der Waals surface area (Å²) in [5, 5.41) is 0. The summed E-state index contributed by atoms with van der Waals surface area (Å²) in [6.45, 7) is 7.61. The smallest absolute Gasteiger partial charge is 0.338 e. The van der Waals surface area contributed by atoms with Crippen LogP contribution < -0.4 is 0 Å². The molecule has 0 saturated carbocycles. The van der Waals surface area contributed by atoms with Crippen LogP contribution in [0.25, 0.3) is 0 Å². The van der Waals surface area contributed by atoms with Crippen molar-refractivity contribution in [3.8, 4) is 0 Å². The molecule has 0 bridgehead atoms. The van der Waals surface area contributed by atoms with Crippen LogP contribution in [0, 0.1) is 0 Å². The van der Waals surface area contributed by atoms with Crippen LogP contribution in [0.1, 0.15) is 27.7 Å². The lowest BCUT2D eigenvalue weighted by molar-refractivity contribution is -0.200. The van der Waals surface area contributed by atoms with Crippen LogP contribution in [0.5, 0.6) is 0 Å². The minimum absolute atomic E-state index is 0.309. The van der Waals surface area contributed by atoms with Crippen LogP contribution in [-0.2, 0) is 28.5 Å². The lowest BCUT2D eigenvalue weighted by Crippen LogP contribution is -2.40. The molecule has 3 aliphatic heterocycles. The number of hydrogen-bond acceptors (Lipinski definition) is 6. The molecular weight excluding hydrogens is 240 g/mol. The van der Waals surface area contributed by atoms with Crippen molar-refractivity contribution in [2.45, 2.75) is 63.7 Å². The molecule has 3 fully saturated rings. The van der Waals surface area contributed by atoms with Crippen molar-refractivity contribution in [3.63, 3.8) is 0 Å². The maximum Gasteiger partial charge on any atom is 0.338 e. The fourth-order valence-corrected chi connectivity index (χ4v) is 2.64. The van der Waals surface area contributed by atoms with Gasteiger partial charge in [0, 0.05) is 0 Å². The zero-order valence-corrected chi connectivity index (χ0v) is 11.0. The highest BCUT2D eigenvalue weighted by Crippen LogP contribution is 2.39. The normalized spacial score (nSPS) is 45.0. The third-order valence-corrected chi connectivity index (χ3v) is 3.33. The second-order valence-electron chi connectivity index (χ2n) is 5.79. The van der Waals surface area contributed by atoms with Gasteiger partial charge < -0.3 is 23.7 Å². The van der Waals surface area contributed by atoms with Crippen molar-refractivity contribution in [1.29, 1.82) is 0 Å². The second-order valence-corrected chi connectivity index (χ2v) is 5.79. The first-order chi connectivity index (χ1) is 8.27. The van der Waals surface area contributed by atoms with Crippen LogP contribution in [0.3, 0.4) is 0 Å². The lowest BCUT2D eigenvalue weighted by Gasteiger charge is -2.25. The van der Waals surface area contributed by atoms with E-state index in [1.807, 2.05) is 13.8 Å². The Morgan fingerprint density at radius 2 is 1.72 bits per heavy atom. The van der Waals surface area contributed by atoms with E-state index < -0.39 is 29.9 Å². The molecule has 0 N–H and O–H groups in total. The minimum atomic E-state index is -0.762. The monoisotopic (exact) mass is 258 g/mol. The number of carbonyl (C=O) groups excluding carboxylic acids is 1. The maximum absolute atomic E-state index is 11.7. The molecule has 3 heterocycles. The van der Waals surface area contributed by atoms with E-state index in [2.05, 4.69) is 0 Å². The molecule has 6 heteroatoms. The van der Waals surface area contributed by atoms with Crippen molar-refractivity contribution in [2.75, 3.05) is 6.61 Å². The Hall–Kier alpha value is -0.690. The van der Waals surface area contributed by atoms with Gasteiger partial charge in [0.15, 0.2) is 23.8 Å². The summed E-state index contributed by atoms with van der Waals surface area (Å²) in [5.41, 5.74) is 0. The van der Waals surface area contributed by atoms with Crippen molar-refractivity contribution in [2.24, 2.45) is 0 Å². The third-order valence-electron chi connectivity index (χ3n) is 3.33. The highest BCUT2D eigenvalue weighted by atomic mass is 16.8. The Bertz CT molecular complexity index is 377. The van der Waals surface area contributed by atoms with Gasteiger partial charge in [0.1, 0.15) is 12.2 Å². The average molecular weight is 258 g/mol. The Kier molecular flexibility index (Phi) is 2.51. The summed E-state index contributed by atoms with van der Waals surface area (Å²) in [4.78, 5) is 11.7. The number of ether oxygens (including phenoxy) is 5. The van der Waals surface area contributed by atoms with Gasteiger partial charge in [-0.1, -0.05) is 0 Å². The topological polar surface area (TPSA) is 63.2 Å². The predicted octanol–water partition coefficient (Wildman–Crippen LogP) is 0.583. The van der Waals surface area contributed by atoms with Gasteiger partial charge in [-0.25, -0.2) is 4.79 Å². The maximum atomic E-state index is 11.7. The summed E-state index contributed by atoms with van der Waals surface area (Å²) in [5.74, 6) is -1.80.